The first-order valence-electron chi connectivity index (χ1n) is 7.86. The number of aliphatic carboxylic acids is 1. The van der Waals surface area contributed by atoms with Crippen molar-refractivity contribution in [3.05, 3.63) is 0 Å². The molecule has 2 heteroatoms. The number of carboxylic acid groups (broad SMARTS) is 1. The number of unbranched alkanes of at least 4 members (excludes halogenated alkanes) is 6. The molecule has 2 unspecified atom stereocenters. The van der Waals surface area contributed by atoms with Crippen molar-refractivity contribution in [3.8, 4) is 0 Å². The lowest BCUT2D eigenvalue weighted by molar-refractivity contribution is -0.143. The normalized spacial score (nSPS) is 14.4. The van der Waals surface area contributed by atoms with E-state index in [1.165, 1.54) is 32.1 Å². The van der Waals surface area contributed by atoms with Gasteiger partial charge in [-0.1, -0.05) is 72.1 Å². The van der Waals surface area contributed by atoms with Crippen LogP contribution in [-0.2, 0) is 4.79 Å². The van der Waals surface area contributed by atoms with Gasteiger partial charge in [0, 0.05) is 0 Å². The molecule has 1 N–H and O–H groups in total. The summed E-state index contributed by atoms with van der Waals surface area (Å²) in [5.74, 6) is -0.382. The maximum atomic E-state index is 11.3. The second-order valence-corrected chi connectivity index (χ2v) is 5.62. The zero-order valence-electron chi connectivity index (χ0n) is 12.6. The molecule has 108 valence electrons. The van der Waals surface area contributed by atoms with Crippen LogP contribution >= 0.6 is 0 Å². The van der Waals surface area contributed by atoms with Crippen LogP contribution in [0.25, 0.3) is 0 Å². The molecule has 0 aromatic heterocycles. The van der Waals surface area contributed by atoms with Gasteiger partial charge in [0.1, 0.15) is 0 Å². The first kappa shape index (κ1) is 17.5. The summed E-state index contributed by atoms with van der Waals surface area (Å²) >= 11 is 0. The fourth-order valence-electron chi connectivity index (χ4n) is 2.52. The third-order valence-corrected chi connectivity index (χ3v) is 3.89. The summed E-state index contributed by atoms with van der Waals surface area (Å²) in [4.78, 5) is 11.3. The Hall–Kier alpha value is -0.530. The van der Waals surface area contributed by atoms with Crippen LogP contribution in [0, 0.1) is 11.8 Å². The van der Waals surface area contributed by atoms with Crippen molar-refractivity contribution >= 4 is 5.97 Å². The summed E-state index contributed by atoms with van der Waals surface area (Å²) in [6.07, 6.45) is 11.7. The zero-order valence-corrected chi connectivity index (χ0v) is 12.6. The second-order valence-electron chi connectivity index (χ2n) is 5.62. The van der Waals surface area contributed by atoms with Crippen molar-refractivity contribution in [1.29, 1.82) is 0 Å². The van der Waals surface area contributed by atoms with Gasteiger partial charge in [-0.25, -0.2) is 0 Å². The number of hydrogen-bond acceptors (Lipinski definition) is 1. The van der Waals surface area contributed by atoms with Gasteiger partial charge in [-0.3, -0.25) is 4.79 Å². The van der Waals surface area contributed by atoms with Crippen LogP contribution in [-0.4, -0.2) is 11.1 Å². The van der Waals surface area contributed by atoms with E-state index in [2.05, 4.69) is 20.8 Å². The van der Waals surface area contributed by atoms with Gasteiger partial charge in [0.15, 0.2) is 0 Å². The minimum atomic E-state index is -0.591. The highest BCUT2D eigenvalue weighted by atomic mass is 16.4. The van der Waals surface area contributed by atoms with Crippen molar-refractivity contribution in [3.63, 3.8) is 0 Å². The van der Waals surface area contributed by atoms with E-state index < -0.39 is 5.97 Å². The molecule has 2 nitrogen and oxygen atoms in total. The van der Waals surface area contributed by atoms with E-state index >= 15 is 0 Å². The van der Waals surface area contributed by atoms with Crippen molar-refractivity contribution < 1.29 is 9.90 Å². The molecule has 0 saturated carbocycles. The molecule has 0 amide bonds. The lowest BCUT2D eigenvalue weighted by atomic mass is 9.85. The largest absolute Gasteiger partial charge is 0.481 e. The molecule has 0 aromatic rings. The third-order valence-electron chi connectivity index (χ3n) is 3.89. The fourth-order valence-corrected chi connectivity index (χ4v) is 2.52. The zero-order chi connectivity index (χ0) is 13.8. The Bertz CT molecular complexity index is 201. The standard InChI is InChI=1S/C16H32O2/c1-4-6-8-9-10-11-13-15(16(17)18)14(3)12-7-5-2/h14-15H,4-13H2,1-3H3,(H,17,18). The fraction of sp³-hybridized carbons (Fsp3) is 0.938. The predicted molar refractivity (Wildman–Crippen MR) is 77.8 cm³/mol. The van der Waals surface area contributed by atoms with Crippen LogP contribution in [0.15, 0.2) is 0 Å². The minimum absolute atomic E-state index is 0.122. The Morgan fingerprint density at radius 2 is 1.44 bits per heavy atom. The SMILES string of the molecule is CCCCCCCCC(C(=O)O)C(C)CCCC. The van der Waals surface area contributed by atoms with Crippen molar-refractivity contribution in [2.45, 2.75) is 85.0 Å². The van der Waals surface area contributed by atoms with Crippen LogP contribution in [0.5, 0.6) is 0 Å². The van der Waals surface area contributed by atoms with Crippen molar-refractivity contribution in [2.24, 2.45) is 11.8 Å². The second kappa shape index (κ2) is 11.6. The van der Waals surface area contributed by atoms with Crippen molar-refractivity contribution in [1.82, 2.24) is 0 Å². The van der Waals surface area contributed by atoms with Gasteiger partial charge in [-0.15, -0.1) is 0 Å². The van der Waals surface area contributed by atoms with E-state index in [4.69, 9.17) is 0 Å². The number of hydrogen-bond donors (Lipinski definition) is 1. The number of carboxylic acids is 1. The summed E-state index contributed by atoms with van der Waals surface area (Å²) in [6, 6.07) is 0. The molecule has 0 radical (unpaired) electrons. The molecular formula is C16H32O2. The van der Waals surface area contributed by atoms with E-state index in [0.29, 0.717) is 5.92 Å². The van der Waals surface area contributed by atoms with E-state index in [1.54, 1.807) is 0 Å². The summed E-state index contributed by atoms with van der Waals surface area (Å²) in [5, 5.41) is 9.28. The Labute approximate surface area is 113 Å². The molecule has 0 spiro atoms. The molecule has 2 atom stereocenters. The van der Waals surface area contributed by atoms with Gasteiger partial charge in [-0.2, -0.15) is 0 Å². The van der Waals surface area contributed by atoms with Crippen LogP contribution < -0.4 is 0 Å². The van der Waals surface area contributed by atoms with E-state index in [0.717, 1.165) is 32.1 Å². The molecule has 0 aliphatic heterocycles. The number of carbonyl (C=O) groups is 1. The van der Waals surface area contributed by atoms with Crippen LogP contribution in [0.4, 0.5) is 0 Å². The Balaban J connectivity index is 3.79. The molecule has 0 bridgehead atoms. The molecule has 0 rings (SSSR count). The average Bonchev–Trinajstić information content (AvgIpc) is 2.34. The summed E-state index contributed by atoms with van der Waals surface area (Å²) in [7, 11) is 0. The summed E-state index contributed by atoms with van der Waals surface area (Å²) in [6.45, 7) is 6.48. The number of rotatable bonds is 12. The topological polar surface area (TPSA) is 37.3 Å². The first-order chi connectivity index (χ1) is 8.63. The summed E-state index contributed by atoms with van der Waals surface area (Å²) < 4.78 is 0. The summed E-state index contributed by atoms with van der Waals surface area (Å²) in [5.41, 5.74) is 0. The van der Waals surface area contributed by atoms with Crippen LogP contribution in [0.2, 0.25) is 0 Å². The molecule has 0 aliphatic rings. The third kappa shape index (κ3) is 8.54. The molecule has 0 fully saturated rings. The van der Waals surface area contributed by atoms with Crippen LogP contribution in [0.1, 0.15) is 85.0 Å². The van der Waals surface area contributed by atoms with Gasteiger partial charge < -0.3 is 5.11 Å². The van der Waals surface area contributed by atoms with Crippen molar-refractivity contribution in [2.75, 3.05) is 0 Å². The lowest BCUT2D eigenvalue weighted by Gasteiger charge is -2.19. The lowest BCUT2D eigenvalue weighted by Crippen LogP contribution is -2.21. The molecule has 18 heavy (non-hydrogen) atoms. The maximum Gasteiger partial charge on any atom is 0.306 e. The molecule has 0 aliphatic carbocycles. The minimum Gasteiger partial charge on any atom is -0.481 e. The van der Waals surface area contributed by atoms with Crippen LogP contribution in [0.3, 0.4) is 0 Å². The Morgan fingerprint density at radius 3 is 2.00 bits per heavy atom. The first-order valence-corrected chi connectivity index (χ1v) is 7.86. The van der Waals surface area contributed by atoms with Gasteiger partial charge in [0.25, 0.3) is 0 Å². The maximum absolute atomic E-state index is 11.3. The highest BCUT2D eigenvalue weighted by molar-refractivity contribution is 5.70. The van der Waals surface area contributed by atoms with Gasteiger partial charge in [0.05, 0.1) is 5.92 Å². The quantitative estimate of drug-likeness (QED) is 0.483. The van der Waals surface area contributed by atoms with Gasteiger partial charge >= 0.3 is 5.97 Å². The smallest absolute Gasteiger partial charge is 0.306 e. The average molecular weight is 256 g/mol. The molecule has 0 saturated heterocycles. The molecule has 0 aromatic carbocycles. The monoisotopic (exact) mass is 256 g/mol. The molecule has 0 heterocycles. The van der Waals surface area contributed by atoms with E-state index in [9.17, 15) is 9.90 Å². The Morgan fingerprint density at radius 1 is 0.889 bits per heavy atom. The Kier molecular flexibility index (Phi) is 11.2. The highest BCUT2D eigenvalue weighted by Crippen LogP contribution is 2.24. The molecular weight excluding hydrogens is 224 g/mol. The van der Waals surface area contributed by atoms with E-state index in [1.807, 2.05) is 0 Å². The van der Waals surface area contributed by atoms with Gasteiger partial charge in [-0.05, 0) is 18.8 Å². The predicted octanol–water partition coefficient (Wildman–Crippen LogP) is 5.26. The van der Waals surface area contributed by atoms with E-state index in [-0.39, 0.29) is 5.92 Å². The highest BCUT2D eigenvalue weighted by Gasteiger charge is 2.23. The van der Waals surface area contributed by atoms with Gasteiger partial charge in [0.2, 0.25) is 0 Å².